The SMILES string of the molecule is CC1C2CCC1(C)C1CC2C1N. The number of rotatable bonds is 0. The lowest BCUT2D eigenvalue weighted by Gasteiger charge is -2.60. The second kappa shape index (κ2) is 1.89. The summed E-state index contributed by atoms with van der Waals surface area (Å²) in [6.45, 7) is 4.94. The maximum absolute atomic E-state index is 6.20. The zero-order chi connectivity index (χ0) is 8.51. The largest absolute Gasteiger partial charge is 0.327 e. The van der Waals surface area contributed by atoms with Crippen LogP contribution in [-0.2, 0) is 0 Å². The van der Waals surface area contributed by atoms with Gasteiger partial charge in [-0.05, 0) is 48.3 Å². The standard InChI is InChI=1S/C11H19N/c1-6-7-3-4-11(6,2)9-5-8(7)10(9)12/h6-10H,3-5,12H2,1-2H3. The minimum Gasteiger partial charge on any atom is -0.327 e. The van der Waals surface area contributed by atoms with Gasteiger partial charge in [-0.2, -0.15) is 0 Å². The average Bonchev–Trinajstić information content (AvgIpc) is 2.26. The van der Waals surface area contributed by atoms with Gasteiger partial charge in [0.2, 0.25) is 0 Å². The summed E-state index contributed by atoms with van der Waals surface area (Å²) >= 11 is 0. The van der Waals surface area contributed by atoms with E-state index in [1.54, 1.807) is 0 Å². The molecule has 0 heterocycles. The van der Waals surface area contributed by atoms with Crippen LogP contribution in [0.1, 0.15) is 33.1 Å². The van der Waals surface area contributed by atoms with E-state index in [0.29, 0.717) is 11.5 Å². The molecule has 1 heteroatoms. The number of nitrogens with two attached hydrogens (primary N) is 1. The first-order valence-corrected chi connectivity index (χ1v) is 5.40. The average molecular weight is 165 g/mol. The summed E-state index contributed by atoms with van der Waals surface area (Å²) in [6, 6.07) is 0.568. The highest BCUT2D eigenvalue weighted by Gasteiger charge is 2.63. The summed E-state index contributed by atoms with van der Waals surface area (Å²) < 4.78 is 0. The molecule has 4 aliphatic carbocycles. The van der Waals surface area contributed by atoms with E-state index in [4.69, 9.17) is 5.73 Å². The zero-order valence-corrected chi connectivity index (χ0v) is 8.09. The predicted octanol–water partition coefficient (Wildman–Crippen LogP) is 2.02. The van der Waals surface area contributed by atoms with Crippen LogP contribution < -0.4 is 5.73 Å². The van der Waals surface area contributed by atoms with E-state index in [2.05, 4.69) is 13.8 Å². The van der Waals surface area contributed by atoms with Gasteiger partial charge in [-0.3, -0.25) is 0 Å². The Kier molecular flexibility index (Phi) is 1.16. The van der Waals surface area contributed by atoms with Crippen molar-refractivity contribution in [1.82, 2.24) is 0 Å². The summed E-state index contributed by atoms with van der Waals surface area (Å²) in [5, 5.41) is 0. The van der Waals surface area contributed by atoms with Crippen molar-refractivity contribution in [3.63, 3.8) is 0 Å². The normalized spacial score (nSPS) is 67.8. The monoisotopic (exact) mass is 165 g/mol. The van der Waals surface area contributed by atoms with Crippen LogP contribution in [0.15, 0.2) is 0 Å². The minimum absolute atomic E-state index is 0.568. The number of hydrogen-bond donors (Lipinski definition) is 1. The van der Waals surface area contributed by atoms with E-state index in [9.17, 15) is 0 Å². The third kappa shape index (κ3) is 0.555. The number of hydrogen-bond acceptors (Lipinski definition) is 1. The second-order valence-corrected chi connectivity index (χ2v) is 5.58. The van der Waals surface area contributed by atoms with Crippen molar-refractivity contribution in [2.75, 3.05) is 0 Å². The smallest absolute Gasteiger partial charge is 0.0104 e. The third-order valence-electron chi connectivity index (χ3n) is 5.58. The van der Waals surface area contributed by atoms with E-state index in [-0.39, 0.29) is 0 Å². The highest BCUT2D eigenvalue weighted by Crippen LogP contribution is 2.67. The lowest BCUT2D eigenvalue weighted by atomic mass is 9.47. The van der Waals surface area contributed by atoms with Gasteiger partial charge >= 0.3 is 0 Å². The Morgan fingerprint density at radius 2 is 2.08 bits per heavy atom. The molecule has 0 radical (unpaired) electrons. The van der Waals surface area contributed by atoms with Gasteiger partial charge in [-0.25, -0.2) is 0 Å². The van der Waals surface area contributed by atoms with Crippen molar-refractivity contribution < 1.29 is 0 Å². The summed E-state index contributed by atoms with van der Waals surface area (Å²) in [5.74, 6) is 3.72. The molecule has 0 spiro atoms. The molecule has 12 heavy (non-hydrogen) atoms. The van der Waals surface area contributed by atoms with Crippen molar-refractivity contribution in [1.29, 1.82) is 0 Å². The van der Waals surface area contributed by atoms with E-state index < -0.39 is 0 Å². The maximum atomic E-state index is 6.20. The fraction of sp³-hybridized carbons (Fsp3) is 1.00. The van der Waals surface area contributed by atoms with Crippen molar-refractivity contribution in [2.45, 2.75) is 39.2 Å². The van der Waals surface area contributed by atoms with E-state index in [0.717, 1.165) is 23.7 Å². The molecule has 1 nitrogen and oxygen atoms in total. The fourth-order valence-electron chi connectivity index (χ4n) is 4.43. The van der Waals surface area contributed by atoms with E-state index in [1.165, 1.54) is 19.3 Å². The van der Waals surface area contributed by atoms with Crippen LogP contribution in [0, 0.1) is 29.1 Å². The van der Waals surface area contributed by atoms with E-state index in [1.807, 2.05) is 0 Å². The van der Waals surface area contributed by atoms with Gasteiger partial charge in [-0.15, -0.1) is 0 Å². The Morgan fingerprint density at radius 3 is 2.67 bits per heavy atom. The Hall–Kier alpha value is -0.0400. The second-order valence-electron chi connectivity index (χ2n) is 5.58. The van der Waals surface area contributed by atoms with Crippen molar-refractivity contribution >= 4 is 0 Å². The highest BCUT2D eigenvalue weighted by atomic mass is 14.8. The van der Waals surface area contributed by atoms with Gasteiger partial charge in [0.1, 0.15) is 0 Å². The molecule has 0 aromatic heterocycles. The molecule has 0 aliphatic heterocycles. The molecular weight excluding hydrogens is 146 g/mol. The van der Waals surface area contributed by atoms with Crippen LogP contribution in [0.25, 0.3) is 0 Å². The Bertz CT molecular complexity index is 225. The molecule has 4 fully saturated rings. The van der Waals surface area contributed by atoms with Crippen molar-refractivity contribution in [3.05, 3.63) is 0 Å². The van der Waals surface area contributed by atoms with Gasteiger partial charge < -0.3 is 5.73 Å². The molecule has 4 bridgehead atoms. The van der Waals surface area contributed by atoms with Crippen LogP contribution in [0.2, 0.25) is 0 Å². The van der Waals surface area contributed by atoms with Gasteiger partial charge in [0.15, 0.2) is 0 Å². The molecule has 0 amide bonds. The molecule has 4 saturated carbocycles. The highest BCUT2D eigenvalue weighted by molar-refractivity contribution is 5.15. The van der Waals surface area contributed by atoms with Crippen LogP contribution in [-0.4, -0.2) is 6.04 Å². The Labute approximate surface area is 74.7 Å². The first kappa shape index (κ1) is 7.37. The summed E-state index contributed by atoms with van der Waals surface area (Å²) in [5.41, 5.74) is 6.82. The van der Waals surface area contributed by atoms with Crippen molar-refractivity contribution in [3.8, 4) is 0 Å². The van der Waals surface area contributed by atoms with Crippen LogP contribution in [0.5, 0.6) is 0 Å². The molecule has 0 aromatic rings. The topological polar surface area (TPSA) is 26.0 Å². The van der Waals surface area contributed by atoms with Crippen molar-refractivity contribution in [2.24, 2.45) is 34.8 Å². The quantitative estimate of drug-likeness (QED) is 0.584. The minimum atomic E-state index is 0.568. The molecule has 2 N–H and O–H groups in total. The van der Waals surface area contributed by atoms with Gasteiger partial charge in [0.25, 0.3) is 0 Å². The zero-order valence-electron chi connectivity index (χ0n) is 8.09. The molecule has 6 unspecified atom stereocenters. The predicted molar refractivity (Wildman–Crippen MR) is 49.6 cm³/mol. The molecule has 6 atom stereocenters. The van der Waals surface area contributed by atoms with Gasteiger partial charge in [0, 0.05) is 6.04 Å². The third-order valence-corrected chi connectivity index (χ3v) is 5.58. The molecule has 4 aliphatic rings. The first-order chi connectivity index (χ1) is 5.64. The fourth-order valence-corrected chi connectivity index (χ4v) is 4.43. The molecule has 0 aromatic carbocycles. The Morgan fingerprint density at radius 1 is 1.33 bits per heavy atom. The lowest BCUT2D eigenvalue weighted by Crippen LogP contribution is -2.62. The molecule has 4 rings (SSSR count). The molecule has 0 saturated heterocycles. The Balaban J connectivity index is 2.03. The first-order valence-electron chi connectivity index (χ1n) is 5.40. The van der Waals surface area contributed by atoms with Crippen LogP contribution in [0.4, 0.5) is 0 Å². The van der Waals surface area contributed by atoms with Crippen LogP contribution >= 0.6 is 0 Å². The molecular formula is C11H19N. The summed E-state index contributed by atoms with van der Waals surface area (Å²) in [4.78, 5) is 0. The van der Waals surface area contributed by atoms with E-state index >= 15 is 0 Å². The van der Waals surface area contributed by atoms with Gasteiger partial charge in [0.05, 0.1) is 0 Å². The van der Waals surface area contributed by atoms with Gasteiger partial charge in [-0.1, -0.05) is 13.8 Å². The lowest BCUT2D eigenvalue weighted by molar-refractivity contribution is -0.0892. The van der Waals surface area contributed by atoms with Crippen LogP contribution in [0.3, 0.4) is 0 Å². The summed E-state index contributed by atoms with van der Waals surface area (Å²) in [6.07, 6.45) is 4.37. The maximum Gasteiger partial charge on any atom is 0.0104 e. The summed E-state index contributed by atoms with van der Waals surface area (Å²) in [7, 11) is 0. The molecule has 68 valence electrons.